The lowest BCUT2D eigenvalue weighted by molar-refractivity contribution is -0.163. The van der Waals surface area contributed by atoms with Crippen LogP contribution >= 0.6 is 0 Å². The van der Waals surface area contributed by atoms with Gasteiger partial charge in [-0.05, 0) is 22.9 Å². The monoisotopic (exact) mass is 289 g/mol. The van der Waals surface area contributed by atoms with E-state index in [9.17, 15) is 19.9 Å². The van der Waals surface area contributed by atoms with Crippen LogP contribution in [0.15, 0.2) is 36.4 Å². The first kappa shape index (κ1) is 14.8. The normalized spacial score (nSPS) is 10.4. The summed E-state index contributed by atoms with van der Waals surface area (Å²) in [4.78, 5) is 22.1. The van der Waals surface area contributed by atoms with Gasteiger partial charge in [-0.1, -0.05) is 24.3 Å². The highest BCUT2D eigenvalue weighted by atomic mass is 16.5. The Morgan fingerprint density at radius 3 is 2.38 bits per heavy atom. The van der Waals surface area contributed by atoms with Crippen molar-refractivity contribution in [3.8, 4) is 5.75 Å². The molecular formula is C15H15NO5. The van der Waals surface area contributed by atoms with Crippen LogP contribution in [-0.4, -0.2) is 40.4 Å². The molecule has 0 unspecified atom stereocenters. The summed E-state index contributed by atoms with van der Waals surface area (Å²) in [6.45, 7) is 1.18. The van der Waals surface area contributed by atoms with Crippen molar-refractivity contribution in [2.45, 2.75) is 6.92 Å². The lowest BCUT2D eigenvalue weighted by atomic mass is 10.1. The van der Waals surface area contributed by atoms with Crippen LogP contribution in [0.2, 0.25) is 0 Å². The predicted molar refractivity (Wildman–Crippen MR) is 75.6 cm³/mol. The molecular weight excluding hydrogens is 274 g/mol. The molecule has 0 saturated carbocycles. The van der Waals surface area contributed by atoms with E-state index < -0.39 is 11.9 Å². The highest BCUT2D eigenvalue weighted by Crippen LogP contribution is 2.26. The molecule has 0 saturated heterocycles. The van der Waals surface area contributed by atoms with Gasteiger partial charge in [0.15, 0.2) is 0 Å². The zero-order valence-electron chi connectivity index (χ0n) is 11.4. The van der Waals surface area contributed by atoms with Gasteiger partial charge in [0.25, 0.3) is 0 Å². The number of nitrogens with zero attached hydrogens (tertiary/aromatic N) is 1. The smallest absolute Gasteiger partial charge is 0.339 e. The molecule has 6 nitrogen and oxygen atoms in total. The van der Waals surface area contributed by atoms with Gasteiger partial charge in [-0.25, -0.2) is 9.86 Å². The van der Waals surface area contributed by atoms with Crippen LogP contribution in [0.3, 0.4) is 0 Å². The first-order valence-electron chi connectivity index (χ1n) is 6.35. The summed E-state index contributed by atoms with van der Waals surface area (Å²) in [5.41, 5.74) is 0.0426. The van der Waals surface area contributed by atoms with Crippen molar-refractivity contribution in [1.29, 1.82) is 0 Å². The number of amides is 1. The summed E-state index contributed by atoms with van der Waals surface area (Å²) in [7, 11) is 0. The summed E-state index contributed by atoms with van der Waals surface area (Å²) >= 11 is 0. The van der Waals surface area contributed by atoms with E-state index >= 15 is 0 Å². The SMILES string of the molecule is CC(=O)N(O)CCOc1cc2ccccc2cc1C(=O)O. The third kappa shape index (κ3) is 3.49. The van der Waals surface area contributed by atoms with Crippen LogP contribution in [0, 0.1) is 0 Å². The molecule has 6 heteroatoms. The molecule has 1 amide bonds. The van der Waals surface area contributed by atoms with Gasteiger partial charge in [-0.15, -0.1) is 0 Å². The Bertz CT molecular complexity index is 683. The van der Waals surface area contributed by atoms with E-state index in [0.29, 0.717) is 5.06 Å². The molecule has 110 valence electrons. The quantitative estimate of drug-likeness (QED) is 0.650. The maximum atomic E-state index is 11.3. The Balaban J connectivity index is 2.23. The van der Waals surface area contributed by atoms with E-state index in [1.54, 1.807) is 6.07 Å². The van der Waals surface area contributed by atoms with E-state index in [1.807, 2.05) is 24.3 Å². The van der Waals surface area contributed by atoms with Crippen molar-refractivity contribution >= 4 is 22.6 Å². The van der Waals surface area contributed by atoms with Crippen molar-refractivity contribution in [2.24, 2.45) is 0 Å². The molecule has 21 heavy (non-hydrogen) atoms. The van der Waals surface area contributed by atoms with E-state index in [2.05, 4.69) is 0 Å². The minimum absolute atomic E-state index is 0.00526. The second-order valence-corrected chi connectivity index (χ2v) is 4.49. The zero-order chi connectivity index (χ0) is 15.4. The average Bonchev–Trinajstić information content (AvgIpc) is 2.46. The zero-order valence-corrected chi connectivity index (χ0v) is 11.4. The van der Waals surface area contributed by atoms with Gasteiger partial charge < -0.3 is 9.84 Å². The van der Waals surface area contributed by atoms with Crippen molar-refractivity contribution in [3.05, 3.63) is 42.0 Å². The van der Waals surface area contributed by atoms with Crippen LogP contribution in [0.1, 0.15) is 17.3 Å². The molecule has 0 radical (unpaired) electrons. The number of ether oxygens (including phenoxy) is 1. The van der Waals surface area contributed by atoms with Gasteiger partial charge in [-0.3, -0.25) is 10.0 Å². The van der Waals surface area contributed by atoms with E-state index in [4.69, 9.17) is 4.74 Å². The fraction of sp³-hybridized carbons (Fsp3) is 0.200. The first-order chi connectivity index (χ1) is 9.99. The molecule has 2 N–H and O–H groups in total. The number of aromatic carboxylic acids is 1. The lowest BCUT2D eigenvalue weighted by Crippen LogP contribution is -2.29. The van der Waals surface area contributed by atoms with Gasteiger partial charge in [-0.2, -0.15) is 0 Å². The largest absolute Gasteiger partial charge is 0.491 e. The van der Waals surface area contributed by atoms with Gasteiger partial charge in [0.2, 0.25) is 5.91 Å². The van der Waals surface area contributed by atoms with Crippen LogP contribution in [0.25, 0.3) is 10.8 Å². The maximum absolute atomic E-state index is 11.3. The van der Waals surface area contributed by atoms with Crippen molar-refractivity contribution < 1.29 is 24.6 Å². The number of carbonyl (C=O) groups excluding carboxylic acids is 1. The van der Waals surface area contributed by atoms with Crippen LogP contribution < -0.4 is 4.74 Å². The van der Waals surface area contributed by atoms with E-state index in [-0.39, 0.29) is 24.5 Å². The van der Waals surface area contributed by atoms with Gasteiger partial charge in [0.1, 0.15) is 17.9 Å². The molecule has 0 aliphatic carbocycles. The molecule has 2 aromatic rings. The number of hydrogen-bond acceptors (Lipinski definition) is 4. The van der Waals surface area contributed by atoms with Crippen LogP contribution in [-0.2, 0) is 4.79 Å². The Morgan fingerprint density at radius 2 is 1.81 bits per heavy atom. The van der Waals surface area contributed by atoms with Crippen molar-refractivity contribution in [2.75, 3.05) is 13.2 Å². The maximum Gasteiger partial charge on any atom is 0.339 e. The van der Waals surface area contributed by atoms with E-state index in [1.165, 1.54) is 13.0 Å². The third-order valence-corrected chi connectivity index (χ3v) is 3.00. The fourth-order valence-electron chi connectivity index (χ4n) is 1.91. The number of carboxylic acid groups (broad SMARTS) is 1. The predicted octanol–water partition coefficient (Wildman–Crippen LogP) is 2.15. The molecule has 0 aliphatic heterocycles. The Labute approximate surface area is 121 Å². The topological polar surface area (TPSA) is 87.1 Å². The number of benzene rings is 2. The fourth-order valence-corrected chi connectivity index (χ4v) is 1.91. The number of rotatable bonds is 5. The molecule has 0 heterocycles. The molecule has 0 spiro atoms. The molecule has 2 aromatic carbocycles. The summed E-state index contributed by atoms with van der Waals surface area (Å²) in [6, 6.07) is 10.5. The minimum atomic E-state index is -1.09. The van der Waals surface area contributed by atoms with Crippen LogP contribution in [0.5, 0.6) is 5.75 Å². The first-order valence-corrected chi connectivity index (χ1v) is 6.35. The van der Waals surface area contributed by atoms with Gasteiger partial charge in [0, 0.05) is 6.92 Å². The number of hydroxylamine groups is 2. The third-order valence-electron chi connectivity index (χ3n) is 3.00. The minimum Gasteiger partial charge on any atom is -0.491 e. The standard InChI is InChI=1S/C15H15NO5/c1-10(17)16(20)6-7-21-14-9-12-5-3-2-4-11(12)8-13(14)15(18)19/h2-5,8-9,20H,6-7H2,1H3,(H,18,19). The molecule has 0 fully saturated rings. The number of carboxylic acids is 1. The summed E-state index contributed by atoms with van der Waals surface area (Å²) < 4.78 is 5.39. The van der Waals surface area contributed by atoms with Crippen molar-refractivity contribution in [3.63, 3.8) is 0 Å². The van der Waals surface area contributed by atoms with Gasteiger partial charge in [0.05, 0.1) is 6.54 Å². The Hall–Kier alpha value is -2.60. The van der Waals surface area contributed by atoms with Gasteiger partial charge >= 0.3 is 5.97 Å². The average molecular weight is 289 g/mol. The highest BCUT2D eigenvalue weighted by Gasteiger charge is 2.13. The number of hydrogen-bond donors (Lipinski definition) is 2. The van der Waals surface area contributed by atoms with Crippen molar-refractivity contribution in [1.82, 2.24) is 5.06 Å². The number of carbonyl (C=O) groups is 2. The van der Waals surface area contributed by atoms with E-state index in [0.717, 1.165) is 10.8 Å². The lowest BCUT2D eigenvalue weighted by Gasteiger charge is -2.14. The Kier molecular flexibility index (Phi) is 4.39. The number of fused-ring (bicyclic) bond motifs is 1. The Morgan fingerprint density at radius 1 is 1.19 bits per heavy atom. The molecule has 0 atom stereocenters. The summed E-state index contributed by atoms with van der Waals surface area (Å²) in [5, 5.41) is 20.6. The molecule has 2 rings (SSSR count). The molecule has 0 aromatic heterocycles. The second kappa shape index (κ2) is 6.23. The second-order valence-electron chi connectivity index (χ2n) is 4.49. The molecule has 0 aliphatic rings. The van der Waals surface area contributed by atoms with Crippen LogP contribution in [0.4, 0.5) is 0 Å². The highest BCUT2D eigenvalue weighted by molar-refractivity contribution is 5.97. The molecule has 0 bridgehead atoms. The summed E-state index contributed by atoms with van der Waals surface area (Å²) in [6.07, 6.45) is 0. The summed E-state index contributed by atoms with van der Waals surface area (Å²) in [5.74, 6) is -1.39.